The first kappa shape index (κ1) is 15.8. The van der Waals surface area contributed by atoms with E-state index in [-0.39, 0.29) is 0 Å². The van der Waals surface area contributed by atoms with E-state index in [1.165, 1.54) is 12.3 Å². The van der Waals surface area contributed by atoms with Gasteiger partial charge in [-0.05, 0) is 36.4 Å². The molecule has 7 heteroatoms. The molecule has 3 aromatic rings. The van der Waals surface area contributed by atoms with E-state index in [0.29, 0.717) is 17.1 Å². The Morgan fingerprint density at radius 3 is 2.58 bits per heavy atom. The molecule has 24 heavy (non-hydrogen) atoms. The average molecular weight is 331 g/mol. The van der Waals surface area contributed by atoms with Crippen molar-refractivity contribution in [1.82, 2.24) is 4.98 Å². The third kappa shape index (κ3) is 3.81. The van der Waals surface area contributed by atoms with Gasteiger partial charge in [-0.3, -0.25) is 10.4 Å². The van der Waals surface area contributed by atoms with Crippen molar-refractivity contribution in [2.45, 2.75) is 6.18 Å². The molecule has 0 saturated carbocycles. The fraction of sp³-hybridized carbons (Fsp3) is 0.0588. The fourth-order valence-corrected chi connectivity index (χ4v) is 2.02. The summed E-state index contributed by atoms with van der Waals surface area (Å²) >= 11 is 0. The lowest BCUT2D eigenvalue weighted by Crippen LogP contribution is -2.04. The Balaban J connectivity index is 1.74. The van der Waals surface area contributed by atoms with E-state index in [4.69, 9.17) is 4.42 Å². The molecule has 4 nitrogen and oxygen atoms in total. The second-order valence-electron chi connectivity index (χ2n) is 4.89. The number of pyridine rings is 1. The number of rotatable bonds is 4. The number of alkyl halides is 3. The quantitative estimate of drug-likeness (QED) is 0.551. The van der Waals surface area contributed by atoms with Crippen molar-refractivity contribution in [3.63, 3.8) is 0 Å². The Morgan fingerprint density at radius 2 is 1.83 bits per heavy atom. The molecule has 0 fully saturated rings. The number of hydrogen-bond acceptors (Lipinski definition) is 4. The number of nitrogens with zero attached hydrogens (tertiary/aromatic N) is 2. The van der Waals surface area contributed by atoms with Crippen molar-refractivity contribution in [3.8, 4) is 11.3 Å². The number of hydrogen-bond donors (Lipinski definition) is 1. The number of nitrogens with one attached hydrogen (secondary N) is 1. The molecule has 2 heterocycles. The summed E-state index contributed by atoms with van der Waals surface area (Å²) in [5.74, 6) is 0.760. The van der Waals surface area contributed by atoms with E-state index in [1.54, 1.807) is 42.7 Å². The van der Waals surface area contributed by atoms with Crippen LogP contribution >= 0.6 is 0 Å². The van der Waals surface area contributed by atoms with Crippen molar-refractivity contribution in [3.05, 3.63) is 72.2 Å². The van der Waals surface area contributed by atoms with Crippen molar-refractivity contribution < 1.29 is 17.6 Å². The van der Waals surface area contributed by atoms with Crippen molar-refractivity contribution in [1.29, 1.82) is 0 Å². The Bertz CT molecular complexity index is 842. The zero-order valence-electron chi connectivity index (χ0n) is 12.3. The van der Waals surface area contributed by atoms with Gasteiger partial charge in [0.2, 0.25) is 0 Å². The van der Waals surface area contributed by atoms with Crippen LogP contribution in [0, 0.1) is 0 Å². The first-order valence-electron chi connectivity index (χ1n) is 6.99. The number of hydrazone groups is 1. The average Bonchev–Trinajstić information content (AvgIpc) is 3.04. The lowest BCUT2D eigenvalue weighted by molar-refractivity contribution is -0.137. The summed E-state index contributed by atoms with van der Waals surface area (Å²) in [5, 5.41) is 4.00. The lowest BCUT2D eigenvalue weighted by atomic mass is 10.1. The molecule has 0 radical (unpaired) electrons. The predicted octanol–water partition coefficient (Wildman–Crippen LogP) is 4.81. The Morgan fingerprint density at radius 1 is 1.04 bits per heavy atom. The molecule has 1 N–H and O–H groups in total. The normalized spacial score (nSPS) is 11.8. The number of benzene rings is 1. The third-order valence-corrected chi connectivity index (χ3v) is 3.17. The van der Waals surface area contributed by atoms with Gasteiger partial charge in [-0.15, -0.1) is 0 Å². The van der Waals surface area contributed by atoms with E-state index >= 15 is 0 Å². The molecule has 2 aromatic heterocycles. The SMILES string of the molecule is FC(F)(F)c1cccc(-c2ccc(/C=N/Nc3ccncc3)o2)c1. The van der Waals surface area contributed by atoms with Crippen molar-refractivity contribution in [2.24, 2.45) is 5.10 Å². The number of furan rings is 1. The standard InChI is InChI=1S/C17H12F3N3O/c18-17(19,20)13-3-1-2-12(10-13)16-5-4-15(24-16)11-22-23-14-6-8-21-9-7-14/h1-11H,(H,21,23)/b22-11+. The van der Waals surface area contributed by atoms with E-state index in [1.807, 2.05) is 0 Å². The van der Waals surface area contributed by atoms with E-state index in [0.717, 1.165) is 17.8 Å². The summed E-state index contributed by atoms with van der Waals surface area (Å²) in [6, 6.07) is 11.7. The van der Waals surface area contributed by atoms with Crippen LogP contribution < -0.4 is 5.43 Å². The molecular formula is C17H12F3N3O. The van der Waals surface area contributed by atoms with Gasteiger partial charge in [0.25, 0.3) is 0 Å². The first-order valence-corrected chi connectivity index (χ1v) is 6.99. The van der Waals surface area contributed by atoms with Crippen LogP contribution in [0.25, 0.3) is 11.3 Å². The Hall–Kier alpha value is -3.09. The molecule has 0 spiro atoms. The molecule has 0 aliphatic heterocycles. The maximum Gasteiger partial charge on any atom is 0.416 e. The minimum atomic E-state index is -4.39. The van der Waals surface area contributed by atoms with E-state index in [2.05, 4.69) is 15.5 Å². The van der Waals surface area contributed by atoms with E-state index in [9.17, 15) is 13.2 Å². The minimum absolute atomic E-state index is 0.339. The molecule has 0 saturated heterocycles. The first-order chi connectivity index (χ1) is 11.5. The summed E-state index contributed by atoms with van der Waals surface area (Å²) < 4.78 is 43.8. The maximum atomic E-state index is 12.8. The van der Waals surface area contributed by atoms with E-state index < -0.39 is 11.7 Å². The minimum Gasteiger partial charge on any atom is -0.455 e. The van der Waals surface area contributed by atoms with Gasteiger partial charge in [0, 0.05) is 18.0 Å². The summed E-state index contributed by atoms with van der Waals surface area (Å²) in [6.07, 6.45) is 0.297. The molecule has 122 valence electrons. The lowest BCUT2D eigenvalue weighted by Gasteiger charge is -2.07. The smallest absolute Gasteiger partial charge is 0.416 e. The molecule has 0 bridgehead atoms. The molecular weight excluding hydrogens is 319 g/mol. The van der Waals surface area contributed by atoms with Crippen LogP contribution in [0.2, 0.25) is 0 Å². The number of anilines is 1. The summed E-state index contributed by atoms with van der Waals surface area (Å²) in [4.78, 5) is 3.88. The second-order valence-corrected chi connectivity index (χ2v) is 4.89. The highest BCUT2D eigenvalue weighted by Gasteiger charge is 2.30. The molecule has 0 aliphatic rings. The molecule has 1 aromatic carbocycles. The number of aromatic nitrogens is 1. The highest BCUT2D eigenvalue weighted by Crippen LogP contribution is 2.32. The zero-order chi connectivity index (χ0) is 17.0. The van der Waals surface area contributed by atoms with Gasteiger partial charge >= 0.3 is 6.18 Å². The zero-order valence-corrected chi connectivity index (χ0v) is 12.3. The molecule has 0 atom stereocenters. The van der Waals surface area contributed by atoms with Crippen LogP contribution in [0.15, 0.2) is 70.4 Å². The Kier molecular flexibility index (Phi) is 4.33. The Labute approximate surface area is 135 Å². The number of halogens is 3. The molecule has 0 unspecified atom stereocenters. The van der Waals surface area contributed by atoms with Gasteiger partial charge in [0.1, 0.15) is 11.5 Å². The predicted molar refractivity (Wildman–Crippen MR) is 84.6 cm³/mol. The van der Waals surface area contributed by atoms with Crippen LogP contribution in [-0.4, -0.2) is 11.2 Å². The summed E-state index contributed by atoms with van der Waals surface area (Å²) in [6.45, 7) is 0. The largest absolute Gasteiger partial charge is 0.455 e. The molecule has 3 rings (SSSR count). The maximum absolute atomic E-state index is 12.8. The van der Waals surface area contributed by atoms with Crippen LogP contribution in [0.1, 0.15) is 11.3 Å². The topological polar surface area (TPSA) is 50.4 Å². The van der Waals surface area contributed by atoms with Crippen molar-refractivity contribution >= 4 is 11.9 Å². The summed E-state index contributed by atoms with van der Waals surface area (Å²) in [7, 11) is 0. The van der Waals surface area contributed by atoms with Crippen LogP contribution in [0.3, 0.4) is 0 Å². The second kappa shape index (κ2) is 6.57. The van der Waals surface area contributed by atoms with Crippen molar-refractivity contribution in [2.75, 3.05) is 5.43 Å². The van der Waals surface area contributed by atoms with Crippen LogP contribution in [0.4, 0.5) is 18.9 Å². The fourth-order valence-electron chi connectivity index (χ4n) is 2.02. The van der Waals surface area contributed by atoms with Gasteiger partial charge in [-0.25, -0.2) is 0 Å². The highest BCUT2D eigenvalue weighted by molar-refractivity contribution is 5.78. The van der Waals surface area contributed by atoms with Gasteiger partial charge < -0.3 is 4.42 Å². The molecule has 0 amide bonds. The highest BCUT2D eigenvalue weighted by atomic mass is 19.4. The van der Waals surface area contributed by atoms with Crippen LogP contribution in [0.5, 0.6) is 0 Å². The molecule has 0 aliphatic carbocycles. The van der Waals surface area contributed by atoms with Gasteiger partial charge in [0.05, 0.1) is 17.5 Å². The third-order valence-electron chi connectivity index (χ3n) is 3.17. The van der Waals surface area contributed by atoms with Crippen LogP contribution in [-0.2, 0) is 6.18 Å². The summed E-state index contributed by atoms with van der Waals surface area (Å²) in [5.41, 5.74) is 3.18. The van der Waals surface area contributed by atoms with Gasteiger partial charge in [-0.1, -0.05) is 12.1 Å². The monoisotopic (exact) mass is 331 g/mol. The van der Waals surface area contributed by atoms with Gasteiger partial charge in [-0.2, -0.15) is 18.3 Å². The van der Waals surface area contributed by atoms with Gasteiger partial charge in [0.15, 0.2) is 0 Å².